The van der Waals surface area contributed by atoms with Gasteiger partial charge >= 0.3 is 0 Å². The smallest absolute Gasteiger partial charge is 0.241 e. The molecule has 0 heterocycles. The summed E-state index contributed by atoms with van der Waals surface area (Å²) in [6, 6.07) is 3.31. The number of halogens is 1. The third-order valence-electron chi connectivity index (χ3n) is 3.26. The van der Waals surface area contributed by atoms with Gasteiger partial charge in [0.1, 0.15) is 5.75 Å². The number of hydrogen-bond donors (Lipinski definition) is 2. The summed E-state index contributed by atoms with van der Waals surface area (Å²) >= 11 is 6.01. The summed E-state index contributed by atoms with van der Waals surface area (Å²) < 4.78 is 32.3. The van der Waals surface area contributed by atoms with Gasteiger partial charge in [-0.3, -0.25) is 4.79 Å². The van der Waals surface area contributed by atoms with Crippen molar-refractivity contribution < 1.29 is 17.9 Å². The van der Waals surface area contributed by atoms with E-state index in [1.807, 2.05) is 20.8 Å². The second-order valence-corrected chi connectivity index (χ2v) is 7.96. The van der Waals surface area contributed by atoms with Crippen LogP contribution < -0.4 is 14.8 Å². The molecule has 0 aliphatic heterocycles. The van der Waals surface area contributed by atoms with Crippen LogP contribution in [0.25, 0.3) is 0 Å². The lowest BCUT2D eigenvalue weighted by molar-refractivity contribution is -0.122. The molecule has 0 saturated heterocycles. The average Bonchev–Trinajstić information content (AvgIpc) is 2.48. The zero-order valence-electron chi connectivity index (χ0n) is 14.4. The first-order valence-corrected chi connectivity index (χ1v) is 9.75. The maximum absolute atomic E-state index is 12.4. The minimum absolute atomic E-state index is 0.0159. The lowest BCUT2D eigenvalue weighted by atomic mass is 10.1. The molecule has 0 fully saturated rings. The molecule has 0 radical (unpaired) electrons. The molecule has 0 aliphatic carbocycles. The number of nitrogens with one attached hydrogen (secondary N) is 2. The highest BCUT2D eigenvalue weighted by atomic mass is 35.5. The zero-order chi connectivity index (χ0) is 18.3. The van der Waals surface area contributed by atoms with Crippen LogP contribution >= 0.6 is 11.6 Å². The van der Waals surface area contributed by atoms with E-state index >= 15 is 0 Å². The molecule has 2 N–H and O–H groups in total. The van der Waals surface area contributed by atoms with Crippen LogP contribution in [0.15, 0.2) is 23.1 Å². The topological polar surface area (TPSA) is 84.5 Å². The Morgan fingerprint density at radius 2 is 1.96 bits per heavy atom. The van der Waals surface area contributed by atoms with Crippen LogP contribution in [0.4, 0.5) is 0 Å². The van der Waals surface area contributed by atoms with Gasteiger partial charge in [-0.1, -0.05) is 25.4 Å². The van der Waals surface area contributed by atoms with Gasteiger partial charge in [0.15, 0.2) is 0 Å². The number of amides is 1. The lowest BCUT2D eigenvalue weighted by Crippen LogP contribution is -2.45. The van der Waals surface area contributed by atoms with E-state index in [0.717, 1.165) is 6.42 Å². The first-order valence-electron chi connectivity index (χ1n) is 7.89. The molecule has 0 bridgehead atoms. The van der Waals surface area contributed by atoms with Gasteiger partial charge in [0.2, 0.25) is 15.9 Å². The summed E-state index contributed by atoms with van der Waals surface area (Å²) in [5, 5.41) is 2.92. The Morgan fingerprint density at radius 1 is 1.29 bits per heavy atom. The van der Waals surface area contributed by atoms with Gasteiger partial charge in [-0.25, -0.2) is 8.42 Å². The summed E-state index contributed by atoms with van der Waals surface area (Å²) in [7, 11) is -3.85. The van der Waals surface area contributed by atoms with Crippen molar-refractivity contribution in [1.82, 2.24) is 10.0 Å². The van der Waals surface area contributed by atoms with Gasteiger partial charge in [0.25, 0.3) is 0 Å². The molecule has 1 aromatic carbocycles. The van der Waals surface area contributed by atoms with Crippen molar-refractivity contribution in [2.24, 2.45) is 5.92 Å². The highest BCUT2D eigenvalue weighted by Crippen LogP contribution is 2.27. The second-order valence-electron chi connectivity index (χ2n) is 5.84. The Kier molecular flexibility index (Phi) is 7.99. The Balaban J connectivity index is 2.74. The molecule has 1 amide bonds. The van der Waals surface area contributed by atoms with Crippen LogP contribution in [0.5, 0.6) is 5.75 Å². The molecule has 0 aliphatic rings. The molecule has 8 heteroatoms. The fraction of sp³-hybridized carbons (Fsp3) is 0.562. The summed E-state index contributed by atoms with van der Waals surface area (Å²) in [6.07, 6.45) is 0.833. The van der Waals surface area contributed by atoms with E-state index < -0.39 is 16.1 Å². The lowest BCUT2D eigenvalue weighted by Gasteiger charge is -2.15. The summed E-state index contributed by atoms with van der Waals surface area (Å²) in [5.41, 5.74) is 0. The summed E-state index contributed by atoms with van der Waals surface area (Å²) in [5.74, 6) is 0.511. The van der Waals surface area contributed by atoms with E-state index in [1.54, 1.807) is 0 Å². The third kappa shape index (κ3) is 6.30. The van der Waals surface area contributed by atoms with Crippen molar-refractivity contribution in [3.8, 4) is 5.75 Å². The van der Waals surface area contributed by atoms with Crippen LogP contribution in [0.3, 0.4) is 0 Å². The number of hydrogen-bond acceptors (Lipinski definition) is 4. The minimum Gasteiger partial charge on any atom is -0.492 e. The van der Waals surface area contributed by atoms with Crippen molar-refractivity contribution in [2.75, 3.05) is 13.2 Å². The van der Waals surface area contributed by atoms with Crippen molar-refractivity contribution in [3.05, 3.63) is 23.2 Å². The minimum atomic E-state index is -3.85. The Bertz CT molecular complexity index is 662. The monoisotopic (exact) mass is 376 g/mol. The zero-order valence-corrected chi connectivity index (χ0v) is 16.0. The maximum Gasteiger partial charge on any atom is 0.241 e. The second kappa shape index (κ2) is 9.25. The van der Waals surface area contributed by atoms with Gasteiger partial charge in [-0.2, -0.15) is 4.72 Å². The molecule has 0 unspecified atom stereocenters. The van der Waals surface area contributed by atoms with Crippen LogP contribution in [0, 0.1) is 5.92 Å². The first-order chi connectivity index (χ1) is 11.2. The largest absolute Gasteiger partial charge is 0.492 e. The van der Waals surface area contributed by atoms with E-state index in [9.17, 15) is 13.2 Å². The highest BCUT2D eigenvalue weighted by molar-refractivity contribution is 7.89. The number of benzene rings is 1. The molecular weight excluding hydrogens is 352 g/mol. The van der Waals surface area contributed by atoms with E-state index in [1.165, 1.54) is 25.1 Å². The first kappa shape index (κ1) is 20.7. The SMILES string of the molecule is CCOc1ccc(S(=O)(=O)N[C@@H](C)C(=O)NCCC(C)C)cc1Cl. The van der Waals surface area contributed by atoms with E-state index in [2.05, 4.69) is 10.0 Å². The normalized spacial score (nSPS) is 12.9. The number of carbonyl (C=O) groups excluding carboxylic acids is 1. The van der Waals surface area contributed by atoms with E-state index in [-0.39, 0.29) is 15.8 Å². The molecule has 0 aromatic heterocycles. The molecule has 24 heavy (non-hydrogen) atoms. The van der Waals surface area contributed by atoms with Crippen molar-refractivity contribution in [1.29, 1.82) is 0 Å². The number of carbonyl (C=O) groups is 1. The summed E-state index contributed by atoms with van der Waals surface area (Å²) in [6.45, 7) is 8.34. The predicted octanol–water partition coefficient (Wildman–Crippen LogP) is 2.57. The fourth-order valence-electron chi connectivity index (χ4n) is 1.91. The molecule has 136 valence electrons. The van der Waals surface area contributed by atoms with E-state index in [4.69, 9.17) is 16.3 Å². The van der Waals surface area contributed by atoms with Crippen molar-refractivity contribution >= 4 is 27.5 Å². The van der Waals surface area contributed by atoms with Gasteiger partial charge in [-0.15, -0.1) is 0 Å². The molecule has 0 spiro atoms. The van der Waals surface area contributed by atoms with Crippen LogP contribution in [-0.4, -0.2) is 33.5 Å². The maximum atomic E-state index is 12.4. The van der Waals surface area contributed by atoms with Crippen molar-refractivity contribution in [3.63, 3.8) is 0 Å². The molecule has 6 nitrogen and oxygen atoms in total. The van der Waals surface area contributed by atoms with Gasteiger partial charge < -0.3 is 10.1 Å². The van der Waals surface area contributed by atoms with Gasteiger partial charge in [-0.05, 0) is 44.4 Å². The quantitative estimate of drug-likeness (QED) is 0.693. The Hall–Kier alpha value is -1.31. The summed E-state index contributed by atoms with van der Waals surface area (Å²) in [4.78, 5) is 11.9. The number of ether oxygens (including phenoxy) is 1. The molecule has 1 aromatic rings. The van der Waals surface area contributed by atoms with Crippen molar-refractivity contribution in [2.45, 2.75) is 45.1 Å². The molecule has 0 saturated carbocycles. The molecule has 1 atom stereocenters. The molecule has 1 rings (SSSR count). The third-order valence-corrected chi connectivity index (χ3v) is 5.09. The Labute approximate surface area is 149 Å². The van der Waals surface area contributed by atoms with Crippen LogP contribution in [0.2, 0.25) is 5.02 Å². The Morgan fingerprint density at radius 3 is 2.50 bits per heavy atom. The average molecular weight is 377 g/mol. The molecular formula is C16H25ClN2O4S. The fourth-order valence-corrected chi connectivity index (χ4v) is 3.44. The van der Waals surface area contributed by atoms with E-state index in [0.29, 0.717) is 24.8 Å². The predicted molar refractivity (Wildman–Crippen MR) is 94.9 cm³/mol. The number of rotatable bonds is 9. The number of sulfonamides is 1. The highest BCUT2D eigenvalue weighted by Gasteiger charge is 2.22. The van der Waals surface area contributed by atoms with Crippen LogP contribution in [0.1, 0.15) is 34.1 Å². The van der Waals surface area contributed by atoms with Gasteiger partial charge in [0, 0.05) is 6.54 Å². The van der Waals surface area contributed by atoms with Crippen LogP contribution in [-0.2, 0) is 14.8 Å². The standard InChI is InChI=1S/C16H25ClN2O4S/c1-5-23-15-7-6-13(10-14(15)17)24(21,22)19-12(4)16(20)18-9-8-11(2)3/h6-7,10-12,19H,5,8-9H2,1-4H3,(H,18,20)/t12-/m0/s1. The van der Waals surface area contributed by atoms with Gasteiger partial charge in [0.05, 0.1) is 22.6 Å².